The lowest BCUT2D eigenvalue weighted by molar-refractivity contribution is -0.142. The van der Waals surface area contributed by atoms with Gasteiger partial charge in [-0.05, 0) is 67.2 Å². The lowest BCUT2D eigenvalue weighted by Crippen LogP contribution is -2.30. The molecule has 0 spiro atoms. The lowest BCUT2D eigenvalue weighted by Gasteiger charge is -2.17. The molecular weight excluding hydrogens is 278 g/mol. The van der Waals surface area contributed by atoms with Gasteiger partial charge in [-0.3, -0.25) is 9.59 Å². The molecule has 4 rings (SSSR count). The fraction of sp³-hybridized carbons (Fsp3) is 0.556. The van der Waals surface area contributed by atoms with E-state index in [0.717, 1.165) is 31.2 Å². The van der Waals surface area contributed by atoms with Crippen LogP contribution in [0.4, 0.5) is 0 Å². The predicted octanol–water partition coefficient (Wildman–Crippen LogP) is 2.36. The Kier molecular flexibility index (Phi) is 3.21. The molecule has 0 aromatic heterocycles. The van der Waals surface area contributed by atoms with E-state index in [0.29, 0.717) is 19.0 Å². The van der Waals surface area contributed by atoms with Gasteiger partial charge in [0.2, 0.25) is 0 Å². The lowest BCUT2D eigenvalue weighted by atomic mass is 9.92. The normalized spacial score (nSPS) is 27.0. The van der Waals surface area contributed by atoms with Crippen molar-refractivity contribution in [3.8, 4) is 0 Å². The molecule has 1 aliphatic heterocycles. The number of amides is 1. The van der Waals surface area contributed by atoms with E-state index in [4.69, 9.17) is 0 Å². The third-order valence-corrected chi connectivity index (χ3v) is 5.54. The van der Waals surface area contributed by atoms with E-state index in [2.05, 4.69) is 6.07 Å². The number of hydrogen-bond acceptors (Lipinski definition) is 2. The zero-order valence-electron chi connectivity index (χ0n) is 12.6. The van der Waals surface area contributed by atoms with Crippen molar-refractivity contribution in [2.24, 2.45) is 17.8 Å². The number of aliphatic carboxylic acids is 1. The highest BCUT2D eigenvalue weighted by atomic mass is 16.4. The molecular formula is C18H21NO3. The van der Waals surface area contributed by atoms with Gasteiger partial charge in [0, 0.05) is 18.7 Å². The van der Waals surface area contributed by atoms with Gasteiger partial charge in [0.15, 0.2) is 0 Å². The Labute approximate surface area is 130 Å². The van der Waals surface area contributed by atoms with Crippen LogP contribution >= 0.6 is 0 Å². The summed E-state index contributed by atoms with van der Waals surface area (Å²) in [6.45, 7) is 0.976. The Balaban J connectivity index is 1.54. The summed E-state index contributed by atoms with van der Waals surface area (Å²) in [7, 11) is 0. The summed E-state index contributed by atoms with van der Waals surface area (Å²) in [5, 5.41) is 9.42. The van der Waals surface area contributed by atoms with E-state index in [1.807, 2.05) is 12.1 Å². The summed E-state index contributed by atoms with van der Waals surface area (Å²) in [5.41, 5.74) is 3.37. The van der Waals surface area contributed by atoms with Gasteiger partial charge in [-0.1, -0.05) is 6.07 Å². The summed E-state index contributed by atoms with van der Waals surface area (Å²) < 4.78 is 0. The molecule has 2 atom stereocenters. The Hall–Kier alpha value is -1.84. The van der Waals surface area contributed by atoms with Crippen molar-refractivity contribution in [1.82, 2.24) is 4.90 Å². The van der Waals surface area contributed by atoms with Crippen LogP contribution in [-0.2, 0) is 17.6 Å². The molecule has 1 saturated heterocycles. The van der Waals surface area contributed by atoms with E-state index in [9.17, 15) is 14.7 Å². The van der Waals surface area contributed by atoms with Crippen molar-refractivity contribution in [3.63, 3.8) is 0 Å². The summed E-state index contributed by atoms with van der Waals surface area (Å²) in [4.78, 5) is 26.0. The van der Waals surface area contributed by atoms with E-state index < -0.39 is 5.97 Å². The van der Waals surface area contributed by atoms with Crippen LogP contribution in [0.15, 0.2) is 18.2 Å². The standard InChI is InChI=1S/C18H21NO3/c20-17(14-7-4-11-2-1-3-13(11)8-14)19-9-15(12-5-6-12)16(10-19)18(21)22/h4,7-8,12,15-16H,1-3,5-6,9-10H2,(H,21,22)/t15-,16+/m1/s1. The topological polar surface area (TPSA) is 57.6 Å². The van der Waals surface area contributed by atoms with E-state index in [1.165, 1.54) is 17.5 Å². The van der Waals surface area contributed by atoms with Crippen LogP contribution in [0.2, 0.25) is 0 Å². The van der Waals surface area contributed by atoms with Crippen LogP contribution in [0.5, 0.6) is 0 Å². The molecule has 116 valence electrons. The van der Waals surface area contributed by atoms with Gasteiger partial charge in [0.05, 0.1) is 5.92 Å². The zero-order chi connectivity index (χ0) is 15.3. The van der Waals surface area contributed by atoms with Crippen molar-refractivity contribution in [2.45, 2.75) is 32.1 Å². The van der Waals surface area contributed by atoms with E-state index in [1.54, 1.807) is 4.90 Å². The minimum absolute atomic E-state index is 0.00380. The number of aryl methyl sites for hydroxylation is 2. The molecule has 2 aliphatic carbocycles. The molecule has 1 aromatic rings. The second-order valence-electron chi connectivity index (χ2n) is 6.99. The Morgan fingerprint density at radius 2 is 1.86 bits per heavy atom. The van der Waals surface area contributed by atoms with Crippen molar-refractivity contribution >= 4 is 11.9 Å². The predicted molar refractivity (Wildman–Crippen MR) is 81.7 cm³/mol. The van der Waals surface area contributed by atoms with Crippen molar-refractivity contribution in [3.05, 3.63) is 34.9 Å². The van der Waals surface area contributed by atoms with E-state index in [-0.39, 0.29) is 17.7 Å². The third-order valence-electron chi connectivity index (χ3n) is 5.54. The van der Waals surface area contributed by atoms with Crippen molar-refractivity contribution < 1.29 is 14.7 Å². The minimum atomic E-state index is -0.749. The highest BCUT2D eigenvalue weighted by Crippen LogP contribution is 2.44. The van der Waals surface area contributed by atoms with Crippen molar-refractivity contribution in [1.29, 1.82) is 0 Å². The van der Waals surface area contributed by atoms with Gasteiger partial charge in [-0.2, -0.15) is 0 Å². The summed E-state index contributed by atoms with van der Waals surface area (Å²) in [5.74, 6) is -0.467. The van der Waals surface area contributed by atoms with Gasteiger partial charge >= 0.3 is 5.97 Å². The number of carboxylic acid groups (broad SMARTS) is 1. The molecule has 1 N–H and O–H groups in total. The first kappa shape index (κ1) is 13.8. The molecule has 0 unspecified atom stereocenters. The molecule has 1 amide bonds. The first-order valence-corrected chi connectivity index (χ1v) is 8.27. The number of likely N-dealkylation sites (tertiary alicyclic amines) is 1. The van der Waals surface area contributed by atoms with Gasteiger partial charge < -0.3 is 10.0 Å². The highest BCUT2D eigenvalue weighted by Gasteiger charge is 2.46. The molecule has 1 heterocycles. The molecule has 0 bridgehead atoms. The monoisotopic (exact) mass is 299 g/mol. The number of carbonyl (C=O) groups is 2. The van der Waals surface area contributed by atoms with Gasteiger partial charge in [-0.25, -0.2) is 0 Å². The molecule has 4 nitrogen and oxygen atoms in total. The van der Waals surface area contributed by atoms with Crippen LogP contribution in [0, 0.1) is 17.8 Å². The molecule has 1 saturated carbocycles. The average molecular weight is 299 g/mol. The van der Waals surface area contributed by atoms with Gasteiger partial charge in [0.1, 0.15) is 0 Å². The summed E-state index contributed by atoms with van der Waals surface area (Å²) in [6.07, 6.45) is 5.57. The largest absolute Gasteiger partial charge is 0.481 e. The van der Waals surface area contributed by atoms with E-state index >= 15 is 0 Å². The average Bonchev–Trinajstić information content (AvgIpc) is 3.09. The minimum Gasteiger partial charge on any atom is -0.481 e. The number of rotatable bonds is 3. The molecule has 4 heteroatoms. The molecule has 1 aromatic carbocycles. The molecule has 3 aliphatic rings. The van der Waals surface area contributed by atoms with Crippen LogP contribution in [0.3, 0.4) is 0 Å². The second-order valence-corrected chi connectivity index (χ2v) is 6.99. The quantitative estimate of drug-likeness (QED) is 0.932. The second kappa shape index (κ2) is 5.11. The Morgan fingerprint density at radius 3 is 2.59 bits per heavy atom. The number of carbonyl (C=O) groups excluding carboxylic acids is 1. The SMILES string of the molecule is O=C(O)[C@H]1CN(C(=O)c2ccc3c(c2)CCC3)C[C@@H]1C1CC1. The highest BCUT2D eigenvalue weighted by molar-refractivity contribution is 5.95. The Bertz CT molecular complexity index is 635. The molecule has 22 heavy (non-hydrogen) atoms. The molecule has 2 fully saturated rings. The van der Waals surface area contributed by atoms with Crippen LogP contribution in [0.25, 0.3) is 0 Å². The van der Waals surface area contributed by atoms with Gasteiger partial charge in [0.25, 0.3) is 5.91 Å². The maximum absolute atomic E-state index is 12.7. The summed E-state index contributed by atoms with van der Waals surface area (Å²) >= 11 is 0. The number of nitrogens with zero attached hydrogens (tertiary/aromatic N) is 1. The smallest absolute Gasteiger partial charge is 0.308 e. The number of hydrogen-bond donors (Lipinski definition) is 1. The van der Waals surface area contributed by atoms with Gasteiger partial charge in [-0.15, -0.1) is 0 Å². The fourth-order valence-corrected chi connectivity index (χ4v) is 4.15. The van der Waals surface area contributed by atoms with Crippen LogP contribution < -0.4 is 0 Å². The Morgan fingerprint density at radius 1 is 1.09 bits per heavy atom. The molecule has 0 radical (unpaired) electrons. The van der Waals surface area contributed by atoms with Crippen LogP contribution in [-0.4, -0.2) is 35.0 Å². The maximum Gasteiger partial charge on any atom is 0.308 e. The zero-order valence-corrected chi connectivity index (χ0v) is 12.6. The van der Waals surface area contributed by atoms with Crippen molar-refractivity contribution in [2.75, 3.05) is 13.1 Å². The first-order chi connectivity index (χ1) is 10.6. The third kappa shape index (κ3) is 2.31. The fourth-order valence-electron chi connectivity index (χ4n) is 4.15. The number of benzene rings is 1. The first-order valence-electron chi connectivity index (χ1n) is 8.27. The number of carboxylic acids is 1. The number of fused-ring (bicyclic) bond motifs is 1. The maximum atomic E-state index is 12.7. The summed E-state index contributed by atoms with van der Waals surface area (Å²) in [6, 6.07) is 6.00. The van der Waals surface area contributed by atoms with Crippen LogP contribution in [0.1, 0.15) is 40.7 Å².